The van der Waals surface area contributed by atoms with E-state index in [2.05, 4.69) is 5.32 Å². The molecule has 1 saturated heterocycles. The van der Waals surface area contributed by atoms with Crippen molar-refractivity contribution >= 4 is 11.9 Å². The van der Waals surface area contributed by atoms with Gasteiger partial charge in [-0.15, -0.1) is 0 Å². The average Bonchev–Trinajstić information content (AvgIpc) is 2.26. The smallest absolute Gasteiger partial charge is 0.323 e. The Balaban J connectivity index is 2.70. The molecule has 1 fully saturated rings. The second kappa shape index (κ2) is 6.73. The van der Waals surface area contributed by atoms with Crippen LogP contribution in [0.4, 0.5) is 0 Å². The number of hydrogen-bond acceptors (Lipinski definition) is 3. The van der Waals surface area contributed by atoms with E-state index in [1.165, 1.54) is 4.90 Å². The first-order valence-corrected chi connectivity index (χ1v) is 6.65. The average molecular weight is 256 g/mol. The van der Waals surface area contributed by atoms with Crippen molar-refractivity contribution in [3.8, 4) is 0 Å². The molecular formula is C13H24N2O3. The highest BCUT2D eigenvalue weighted by molar-refractivity contribution is 5.85. The van der Waals surface area contributed by atoms with Crippen LogP contribution in [0.2, 0.25) is 0 Å². The molecule has 2 N–H and O–H groups in total. The van der Waals surface area contributed by atoms with Crippen molar-refractivity contribution in [1.29, 1.82) is 0 Å². The molecule has 2 atom stereocenters. The Morgan fingerprint density at radius 2 is 2.11 bits per heavy atom. The summed E-state index contributed by atoms with van der Waals surface area (Å²) in [6.07, 6.45) is 2.10. The molecule has 18 heavy (non-hydrogen) atoms. The van der Waals surface area contributed by atoms with Crippen molar-refractivity contribution in [2.45, 2.75) is 39.7 Å². The molecule has 1 heterocycles. The normalized spacial score (nSPS) is 24.0. The number of nitrogens with one attached hydrogen (secondary N) is 1. The van der Waals surface area contributed by atoms with E-state index in [1.807, 2.05) is 20.8 Å². The number of piperidine rings is 1. The molecule has 1 aliphatic heterocycles. The third-order valence-corrected chi connectivity index (χ3v) is 3.26. The van der Waals surface area contributed by atoms with E-state index in [1.54, 1.807) is 0 Å². The second-order valence-corrected chi connectivity index (χ2v) is 5.56. The molecule has 1 rings (SSSR count). The lowest BCUT2D eigenvalue weighted by Crippen LogP contribution is -2.54. The number of hydrogen-bond donors (Lipinski definition) is 2. The Bertz CT molecular complexity index is 305. The van der Waals surface area contributed by atoms with E-state index in [0.29, 0.717) is 6.54 Å². The largest absolute Gasteiger partial charge is 0.480 e. The minimum absolute atomic E-state index is 0.0710. The molecule has 2 unspecified atom stereocenters. The van der Waals surface area contributed by atoms with Gasteiger partial charge >= 0.3 is 5.97 Å². The van der Waals surface area contributed by atoms with Crippen LogP contribution in [-0.2, 0) is 9.59 Å². The standard InChI is InChI=1S/C13H24N2O3/c1-9(2)7-15(8-11(16)17)13(18)12-10(3)5-4-6-14-12/h9-10,12,14H,4-8H2,1-3H3,(H,16,17). The van der Waals surface area contributed by atoms with Crippen LogP contribution in [0.1, 0.15) is 33.6 Å². The predicted molar refractivity (Wildman–Crippen MR) is 69.2 cm³/mol. The van der Waals surface area contributed by atoms with Crippen LogP contribution in [0.5, 0.6) is 0 Å². The summed E-state index contributed by atoms with van der Waals surface area (Å²) in [5.41, 5.74) is 0. The number of carbonyl (C=O) groups is 2. The van der Waals surface area contributed by atoms with Crippen LogP contribution < -0.4 is 5.32 Å². The molecule has 1 amide bonds. The lowest BCUT2D eigenvalue weighted by Gasteiger charge is -2.34. The van der Waals surface area contributed by atoms with Gasteiger partial charge in [0.1, 0.15) is 6.54 Å². The van der Waals surface area contributed by atoms with E-state index in [4.69, 9.17) is 5.11 Å². The lowest BCUT2D eigenvalue weighted by molar-refractivity contribution is -0.146. The van der Waals surface area contributed by atoms with Gasteiger partial charge in [-0.1, -0.05) is 20.8 Å². The summed E-state index contributed by atoms with van der Waals surface area (Å²) in [5, 5.41) is 12.1. The third-order valence-electron chi connectivity index (χ3n) is 3.26. The topological polar surface area (TPSA) is 69.6 Å². The van der Waals surface area contributed by atoms with Crippen LogP contribution in [0.25, 0.3) is 0 Å². The molecule has 5 heteroatoms. The number of carbonyl (C=O) groups excluding carboxylic acids is 1. The summed E-state index contributed by atoms with van der Waals surface area (Å²) >= 11 is 0. The summed E-state index contributed by atoms with van der Waals surface area (Å²) in [6.45, 7) is 7.14. The first-order valence-electron chi connectivity index (χ1n) is 6.65. The molecule has 0 aliphatic carbocycles. The predicted octanol–water partition coefficient (Wildman–Crippen LogP) is 0.944. The summed E-state index contributed by atoms with van der Waals surface area (Å²) in [6, 6.07) is -0.225. The second-order valence-electron chi connectivity index (χ2n) is 5.56. The van der Waals surface area contributed by atoms with Crippen molar-refractivity contribution in [3.05, 3.63) is 0 Å². The van der Waals surface area contributed by atoms with Crippen LogP contribution in [0, 0.1) is 11.8 Å². The fourth-order valence-electron chi connectivity index (χ4n) is 2.41. The first kappa shape index (κ1) is 15.0. The van der Waals surface area contributed by atoms with E-state index in [0.717, 1.165) is 19.4 Å². The molecule has 0 bridgehead atoms. The molecule has 104 valence electrons. The van der Waals surface area contributed by atoms with Gasteiger partial charge in [-0.25, -0.2) is 0 Å². The van der Waals surface area contributed by atoms with Gasteiger partial charge in [0, 0.05) is 6.54 Å². The summed E-state index contributed by atoms with van der Waals surface area (Å²) in [4.78, 5) is 24.7. The van der Waals surface area contributed by atoms with Gasteiger partial charge in [-0.2, -0.15) is 0 Å². The maximum atomic E-state index is 12.4. The highest BCUT2D eigenvalue weighted by Gasteiger charge is 2.31. The van der Waals surface area contributed by atoms with Crippen LogP contribution in [-0.4, -0.2) is 47.6 Å². The van der Waals surface area contributed by atoms with Crippen LogP contribution in [0.15, 0.2) is 0 Å². The molecule has 0 aromatic rings. The molecule has 5 nitrogen and oxygen atoms in total. The lowest BCUT2D eigenvalue weighted by atomic mass is 9.91. The number of aliphatic carboxylic acids is 1. The molecule has 0 radical (unpaired) electrons. The maximum absolute atomic E-state index is 12.4. The van der Waals surface area contributed by atoms with Crippen molar-refractivity contribution in [2.75, 3.05) is 19.6 Å². The van der Waals surface area contributed by atoms with Crippen LogP contribution in [0.3, 0.4) is 0 Å². The number of amides is 1. The van der Waals surface area contributed by atoms with Gasteiger partial charge in [0.15, 0.2) is 0 Å². The van der Waals surface area contributed by atoms with Gasteiger partial charge in [0.25, 0.3) is 0 Å². The van der Waals surface area contributed by atoms with Crippen LogP contribution >= 0.6 is 0 Å². The number of nitrogens with zero attached hydrogens (tertiary/aromatic N) is 1. The molecule has 1 aliphatic rings. The molecule has 0 spiro atoms. The van der Waals surface area contributed by atoms with Crippen molar-refractivity contribution in [1.82, 2.24) is 10.2 Å². The number of carboxylic acid groups (broad SMARTS) is 1. The van der Waals surface area contributed by atoms with Gasteiger partial charge in [0.2, 0.25) is 5.91 Å². The Hall–Kier alpha value is -1.10. The number of carboxylic acids is 1. The fourth-order valence-corrected chi connectivity index (χ4v) is 2.41. The highest BCUT2D eigenvalue weighted by Crippen LogP contribution is 2.18. The SMILES string of the molecule is CC(C)CN(CC(=O)O)C(=O)C1NCCCC1C. The van der Waals surface area contributed by atoms with Crippen molar-refractivity contribution in [3.63, 3.8) is 0 Å². The number of rotatable bonds is 5. The summed E-state index contributed by atoms with van der Waals surface area (Å²) < 4.78 is 0. The fraction of sp³-hybridized carbons (Fsp3) is 0.846. The van der Waals surface area contributed by atoms with Gasteiger partial charge in [0.05, 0.1) is 6.04 Å². The zero-order valence-corrected chi connectivity index (χ0v) is 11.5. The van der Waals surface area contributed by atoms with Crippen molar-refractivity contribution in [2.24, 2.45) is 11.8 Å². The Morgan fingerprint density at radius 3 is 2.61 bits per heavy atom. The van der Waals surface area contributed by atoms with Gasteiger partial charge < -0.3 is 15.3 Å². The Morgan fingerprint density at radius 1 is 1.44 bits per heavy atom. The quantitative estimate of drug-likeness (QED) is 0.768. The third kappa shape index (κ3) is 4.29. The Kier molecular flexibility index (Phi) is 5.59. The summed E-state index contributed by atoms with van der Waals surface area (Å²) in [5.74, 6) is -0.479. The summed E-state index contributed by atoms with van der Waals surface area (Å²) in [7, 11) is 0. The maximum Gasteiger partial charge on any atom is 0.323 e. The Labute approximate surface area is 109 Å². The zero-order valence-electron chi connectivity index (χ0n) is 11.5. The highest BCUT2D eigenvalue weighted by atomic mass is 16.4. The van der Waals surface area contributed by atoms with Gasteiger partial charge in [-0.3, -0.25) is 9.59 Å². The van der Waals surface area contributed by atoms with Crippen molar-refractivity contribution < 1.29 is 14.7 Å². The molecule has 0 aromatic heterocycles. The minimum atomic E-state index is -0.951. The minimum Gasteiger partial charge on any atom is -0.480 e. The molecule has 0 saturated carbocycles. The van der Waals surface area contributed by atoms with E-state index < -0.39 is 5.97 Å². The molecule has 0 aromatic carbocycles. The zero-order chi connectivity index (χ0) is 13.7. The first-order chi connectivity index (χ1) is 8.41. The monoisotopic (exact) mass is 256 g/mol. The van der Waals surface area contributed by atoms with Gasteiger partial charge in [-0.05, 0) is 31.2 Å². The molecular weight excluding hydrogens is 232 g/mol. The van der Waals surface area contributed by atoms with E-state index >= 15 is 0 Å². The van der Waals surface area contributed by atoms with E-state index in [-0.39, 0.29) is 30.3 Å². The van der Waals surface area contributed by atoms with E-state index in [9.17, 15) is 9.59 Å².